The van der Waals surface area contributed by atoms with Crippen LogP contribution in [0.15, 0.2) is 59.6 Å². The lowest BCUT2D eigenvalue weighted by Gasteiger charge is -2.37. The number of anilines is 1. The summed E-state index contributed by atoms with van der Waals surface area (Å²) in [5.41, 5.74) is 2.94. The highest BCUT2D eigenvalue weighted by molar-refractivity contribution is 5.91. The monoisotopic (exact) mass is 447 g/mol. The molecule has 0 spiro atoms. The molecule has 0 saturated carbocycles. The molecule has 2 fully saturated rings. The minimum Gasteiger partial charge on any atom is -0.356 e. The van der Waals surface area contributed by atoms with Crippen molar-refractivity contribution in [3.8, 4) is 0 Å². The fourth-order valence-electron chi connectivity index (χ4n) is 4.58. The van der Waals surface area contributed by atoms with Gasteiger partial charge < -0.3 is 15.5 Å². The van der Waals surface area contributed by atoms with Gasteiger partial charge in [0, 0.05) is 37.8 Å². The number of hydrogen-bond acceptors (Lipinski definition) is 4. The van der Waals surface area contributed by atoms with E-state index in [2.05, 4.69) is 39.5 Å². The van der Waals surface area contributed by atoms with Crippen LogP contribution in [0.5, 0.6) is 0 Å². The van der Waals surface area contributed by atoms with E-state index in [-0.39, 0.29) is 5.91 Å². The van der Waals surface area contributed by atoms with Crippen LogP contribution in [0.1, 0.15) is 38.2 Å². The number of piperidine rings is 1. The number of aryl methyl sites for hydroxylation is 1. The molecule has 176 valence electrons. The van der Waals surface area contributed by atoms with Crippen molar-refractivity contribution >= 4 is 23.1 Å². The molecule has 0 unspecified atom stereocenters. The fourth-order valence-corrected chi connectivity index (χ4v) is 4.58. The van der Waals surface area contributed by atoms with Gasteiger partial charge in [0.05, 0.1) is 12.2 Å². The Labute approximate surface area is 198 Å². The molecule has 0 aliphatic carbocycles. The molecule has 2 N–H and O–H groups in total. The summed E-state index contributed by atoms with van der Waals surface area (Å²) in [6.45, 7) is 8.44. The third-order valence-electron chi connectivity index (χ3n) is 6.44. The molecular formula is C27H37N5O. The van der Waals surface area contributed by atoms with Gasteiger partial charge in [-0.25, -0.2) is 4.99 Å². The third kappa shape index (κ3) is 7.41. The molecule has 2 saturated heterocycles. The highest BCUT2D eigenvalue weighted by Gasteiger charge is 2.22. The predicted molar refractivity (Wildman–Crippen MR) is 136 cm³/mol. The largest absolute Gasteiger partial charge is 0.356 e. The second-order valence-electron chi connectivity index (χ2n) is 9.25. The Morgan fingerprint density at radius 1 is 1.03 bits per heavy atom. The van der Waals surface area contributed by atoms with Crippen molar-refractivity contribution in [2.45, 2.75) is 45.1 Å². The third-order valence-corrected chi connectivity index (χ3v) is 6.44. The highest BCUT2D eigenvalue weighted by atomic mass is 16.1. The van der Waals surface area contributed by atoms with Gasteiger partial charge in [-0.1, -0.05) is 36.8 Å². The van der Waals surface area contributed by atoms with E-state index in [1.54, 1.807) is 0 Å². The van der Waals surface area contributed by atoms with Gasteiger partial charge in [-0.15, -0.1) is 0 Å². The van der Waals surface area contributed by atoms with Crippen molar-refractivity contribution in [1.82, 2.24) is 15.1 Å². The number of piperazine rings is 1. The van der Waals surface area contributed by atoms with Crippen LogP contribution < -0.4 is 10.6 Å². The Bertz CT molecular complexity index is 906. The first kappa shape index (κ1) is 23.5. The summed E-state index contributed by atoms with van der Waals surface area (Å²) in [5, 5.41) is 6.54. The highest BCUT2D eigenvalue weighted by Crippen LogP contribution is 2.19. The fraction of sp³-hybridized carbons (Fsp3) is 0.481. The number of aliphatic imine (C=N–C) groups is 1. The molecule has 4 rings (SSSR count). The minimum atomic E-state index is 0.0377. The maximum atomic E-state index is 12.4. The topological polar surface area (TPSA) is 60.0 Å². The standard InChI is InChI=1S/C27H37N5O/c1-22-20-32(19-16-28-22)26(21-31-17-6-3-7-18-31)29-24-11-13-25(14-12-24)30-27(33)15-10-23-8-4-2-5-9-23/h2,4-5,8-9,11-14,22,28H,3,6-7,10,15-21H2,1H3,(H,30,33)/t22-/m0/s1. The maximum absolute atomic E-state index is 12.4. The number of carbonyl (C=O) groups excluding carboxylic acids is 1. The Balaban J connectivity index is 1.38. The molecule has 0 radical (unpaired) electrons. The van der Waals surface area contributed by atoms with Gasteiger partial charge in [0.1, 0.15) is 5.84 Å². The van der Waals surface area contributed by atoms with Crippen molar-refractivity contribution in [2.75, 3.05) is 44.6 Å². The van der Waals surface area contributed by atoms with E-state index in [1.165, 1.54) is 24.8 Å². The Kier molecular flexibility index (Phi) is 8.50. The van der Waals surface area contributed by atoms with Gasteiger partial charge in [-0.3, -0.25) is 9.69 Å². The van der Waals surface area contributed by atoms with E-state index >= 15 is 0 Å². The lowest BCUT2D eigenvalue weighted by atomic mass is 10.1. The van der Waals surface area contributed by atoms with Crippen LogP contribution in [0.2, 0.25) is 0 Å². The average Bonchev–Trinajstić information content (AvgIpc) is 2.85. The van der Waals surface area contributed by atoms with Crippen molar-refractivity contribution < 1.29 is 4.79 Å². The minimum absolute atomic E-state index is 0.0377. The van der Waals surface area contributed by atoms with Crippen molar-refractivity contribution in [2.24, 2.45) is 4.99 Å². The zero-order valence-corrected chi connectivity index (χ0v) is 19.8. The SMILES string of the molecule is C[C@H]1CN(C(CN2CCCCC2)=Nc2ccc(NC(=O)CCc3ccccc3)cc2)CCN1. The van der Waals surface area contributed by atoms with Crippen molar-refractivity contribution in [3.05, 3.63) is 60.2 Å². The van der Waals surface area contributed by atoms with E-state index in [4.69, 9.17) is 4.99 Å². The first-order valence-corrected chi connectivity index (χ1v) is 12.4. The molecule has 6 nitrogen and oxygen atoms in total. The van der Waals surface area contributed by atoms with E-state index in [1.807, 2.05) is 42.5 Å². The second kappa shape index (κ2) is 12.0. The lowest BCUT2D eigenvalue weighted by molar-refractivity contribution is -0.116. The van der Waals surface area contributed by atoms with Crippen molar-refractivity contribution in [1.29, 1.82) is 0 Å². The molecule has 0 aromatic heterocycles. The summed E-state index contributed by atoms with van der Waals surface area (Å²) in [6, 6.07) is 18.5. The second-order valence-corrected chi connectivity index (χ2v) is 9.25. The number of nitrogens with one attached hydrogen (secondary N) is 2. The number of amidine groups is 1. The molecule has 2 aromatic carbocycles. The summed E-state index contributed by atoms with van der Waals surface area (Å²) in [6.07, 6.45) is 5.13. The first-order valence-electron chi connectivity index (χ1n) is 12.4. The molecule has 2 aliphatic heterocycles. The maximum Gasteiger partial charge on any atom is 0.224 e. The van der Waals surface area contributed by atoms with E-state index in [9.17, 15) is 4.79 Å². The van der Waals surface area contributed by atoms with Gasteiger partial charge in [0.15, 0.2) is 0 Å². The van der Waals surface area contributed by atoms with Crippen LogP contribution in [-0.2, 0) is 11.2 Å². The molecule has 1 amide bonds. The molecule has 1 atom stereocenters. The zero-order chi connectivity index (χ0) is 22.9. The summed E-state index contributed by atoms with van der Waals surface area (Å²) in [4.78, 5) is 22.4. The van der Waals surface area contributed by atoms with Crippen LogP contribution in [0.25, 0.3) is 0 Å². The van der Waals surface area contributed by atoms with Crippen LogP contribution in [0.3, 0.4) is 0 Å². The van der Waals surface area contributed by atoms with E-state index in [0.29, 0.717) is 12.5 Å². The summed E-state index contributed by atoms with van der Waals surface area (Å²) in [5.74, 6) is 1.19. The molecular weight excluding hydrogens is 410 g/mol. The summed E-state index contributed by atoms with van der Waals surface area (Å²) < 4.78 is 0. The summed E-state index contributed by atoms with van der Waals surface area (Å²) >= 11 is 0. The van der Waals surface area contributed by atoms with Gasteiger partial charge in [0.25, 0.3) is 0 Å². The average molecular weight is 448 g/mol. The van der Waals surface area contributed by atoms with Gasteiger partial charge in [-0.2, -0.15) is 0 Å². The van der Waals surface area contributed by atoms with Gasteiger partial charge >= 0.3 is 0 Å². The Morgan fingerprint density at radius 3 is 2.52 bits per heavy atom. The van der Waals surface area contributed by atoms with Crippen LogP contribution in [0.4, 0.5) is 11.4 Å². The number of benzene rings is 2. The lowest BCUT2D eigenvalue weighted by Crippen LogP contribution is -2.53. The molecule has 6 heteroatoms. The zero-order valence-electron chi connectivity index (χ0n) is 19.8. The Morgan fingerprint density at radius 2 is 1.79 bits per heavy atom. The van der Waals surface area contributed by atoms with Gasteiger partial charge in [-0.05, 0) is 69.1 Å². The number of nitrogens with zero attached hydrogens (tertiary/aromatic N) is 3. The molecule has 2 heterocycles. The van der Waals surface area contributed by atoms with Crippen LogP contribution >= 0.6 is 0 Å². The van der Waals surface area contributed by atoms with Crippen LogP contribution in [0, 0.1) is 0 Å². The Hall–Kier alpha value is -2.70. The number of amides is 1. The smallest absolute Gasteiger partial charge is 0.224 e. The van der Waals surface area contributed by atoms with Gasteiger partial charge in [0.2, 0.25) is 5.91 Å². The number of carbonyl (C=O) groups is 1. The number of rotatable bonds is 7. The molecule has 2 aliphatic rings. The van der Waals surface area contributed by atoms with E-state index in [0.717, 1.165) is 62.9 Å². The van der Waals surface area contributed by atoms with Crippen molar-refractivity contribution in [3.63, 3.8) is 0 Å². The van der Waals surface area contributed by atoms with Crippen LogP contribution in [-0.4, -0.2) is 66.9 Å². The molecule has 2 aromatic rings. The number of likely N-dealkylation sites (tertiary alicyclic amines) is 1. The normalized spacial score (nSPS) is 20.0. The van der Waals surface area contributed by atoms with E-state index < -0.39 is 0 Å². The first-order chi connectivity index (χ1) is 16.2. The summed E-state index contributed by atoms with van der Waals surface area (Å²) in [7, 11) is 0. The predicted octanol–water partition coefficient (Wildman–Crippen LogP) is 4.07. The number of hydrogen-bond donors (Lipinski definition) is 2. The molecule has 0 bridgehead atoms. The quantitative estimate of drug-likeness (QED) is 0.496. The molecule has 33 heavy (non-hydrogen) atoms.